The van der Waals surface area contributed by atoms with Gasteiger partial charge in [-0.05, 0) is 17.9 Å². The lowest BCUT2D eigenvalue weighted by molar-refractivity contribution is -0.394. The van der Waals surface area contributed by atoms with Crippen molar-refractivity contribution in [3.8, 4) is 0 Å². The number of nitrogens with zero attached hydrogens (tertiary/aromatic N) is 2. The van der Waals surface area contributed by atoms with Crippen LogP contribution in [0, 0.1) is 38.0 Å². The minimum Gasteiger partial charge on any atom is -0.258 e. The molecule has 20 heavy (non-hydrogen) atoms. The number of rotatable bonds is 6. The van der Waals surface area contributed by atoms with Crippen LogP contribution in [-0.4, -0.2) is 9.85 Å². The van der Waals surface area contributed by atoms with Crippen LogP contribution in [0.5, 0.6) is 0 Å². The number of hydrogen-bond acceptors (Lipinski definition) is 4. The van der Waals surface area contributed by atoms with E-state index in [1.54, 1.807) is 0 Å². The first-order valence-electron chi connectivity index (χ1n) is 6.59. The lowest BCUT2D eigenvalue weighted by Gasteiger charge is -2.26. The number of nitro groups is 2. The highest BCUT2D eigenvalue weighted by atomic mass is 16.6. The van der Waals surface area contributed by atoms with Crippen LogP contribution in [-0.2, 0) is 0 Å². The fourth-order valence-electron chi connectivity index (χ4n) is 2.39. The van der Waals surface area contributed by atoms with Gasteiger partial charge in [-0.2, -0.15) is 0 Å². The first kappa shape index (κ1) is 16.1. The van der Waals surface area contributed by atoms with E-state index in [-0.39, 0.29) is 23.2 Å². The van der Waals surface area contributed by atoms with Crippen LogP contribution in [0.15, 0.2) is 18.2 Å². The first-order chi connectivity index (χ1) is 9.29. The molecule has 0 saturated carbocycles. The van der Waals surface area contributed by atoms with Gasteiger partial charge in [0, 0.05) is 17.5 Å². The van der Waals surface area contributed by atoms with E-state index < -0.39 is 9.85 Å². The summed E-state index contributed by atoms with van der Waals surface area (Å²) in [6.07, 6.45) is 0.863. The second-order valence-corrected chi connectivity index (χ2v) is 5.14. The molecule has 0 saturated heterocycles. The second kappa shape index (κ2) is 6.45. The predicted molar refractivity (Wildman–Crippen MR) is 76.4 cm³/mol. The Morgan fingerprint density at radius 2 is 1.75 bits per heavy atom. The monoisotopic (exact) mass is 279 g/mol. The van der Waals surface area contributed by atoms with Gasteiger partial charge in [0.15, 0.2) is 0 Å². The second-order valence-electron chi connectivity index (χ2n) is 5.14. The van der Waals surface area contributed by atoms with Gasteiger partial charge in [-0.1, -0.05) is 34.1 Å². The maximum Gasteiger partial charge on any atom is 0.280 e. The number of non-ortho nitro benzene ring substituents is 1. The van der Waals surface area contributed by atoms with Crippen molar-refractivity contribution in [1.29, 1.82) is 0 Å². The van der Waals surface area contributed by atoms with Gasteiger partial charge in [0.05, 0.1) is 15.9 Å². The van der Waals surface area contributed by atoms with E-state index in [1.165, 1.54) is 12.1 Å². The number of hydrogen-bond donors (Lipinski definition) is 0. The Labute approximate surface area is 118 Å². The zero-order valence-electron chi connectivity index (χ0n) is 12.1. The third kappa shape index (κ3) is 3.31. The average molecular weight is 279 g/mol. The minimum atomic E-state index is -0.616. The highest BCUT2D eigenvalue weighted by Gasteiger charge is 2.30. The number of nitro benzene ring substituents is 2. The van der Waals surface area contributed by atoms with E-state index in [0.717, 1.165) is 18.4 Å². The van der Waals surface area contributed by atoms with Crippen molar-refractivity contribution in [2.45, 2.75) is 34.1 Å². The van der Waals surface area contributed by atoms with Crippen molar-refractivity contribution in [3.63, 3.8) is 0 Å². The van der Waals surface area contributed by atoms with Crippen LogP contribution < -0.4 is 0 Å². The quantitative estimate of drug-likeness (QED) is 0.578. The highest BCUT2D eigenvalue weighted by molar-refractivity contribution is 5.55. The van der Waals surface area contributed by atoms with Crippen LogP contribution in [0.4, 0.5) is 11.4 Å². The smallest absolute Gasteiger partial charge is 0.258 e. The molecule has 0 aliphatic rings. The molecule has 0 fully saturated rings. The van der Waals surface area contributed by atoms with Crippen molar-refractivity contribution in [1.82, 2.24) is 0 Å². The molecule has 1 radical (unpaired) electrons. The van der Waals surface area contributed by atoms with Gasteiger partial charge in [-0.25, -0.2) is 0 Å². The first-order valence-corrected chi connectivity index (χ1v) is 6.59. The van der Waals surface area contributed by atoms with Gasteiger partial charge >= 0.3 is 0 Å². The topological polar surface area (TPSA) is 86.3 Å². The summed E-state index contributed by atoms with van der Waals surface area (Å²) in [5, 5.41) is 22.0. The van der Waals surface area contributed by atoms with Crippen LogP contribution in [0.1, 0.15) is 39.7 Å². The molecule has 1 aromatic rings. The summed E-state index contributed by atoms with van der Waals surface area (Å²) in [7, 11) is 0. The van der Waals surface area contributed by atoms with E-state index in [4.69, 9.17) is 0 Å². The van der Waals surface area contributed by atoms with E-state index in [9.17, 15) is 20.2 Å². The fourth-order valence-corrected chi connectivity index (χ4v) is 2.39. The van der Waals surface area contributed by atoms with Crippen molar-refractivity contribution < 1.29 is 9.85 Å². The molecule has 1 unspecified atom stereocenters. The third-order valence-corrected chi connectivity index (χ3v) is 3.47. The molecule has 1 atom stereocenters. The van der Waals surface area contributed by atoms with Gasteiger partial charge in [0.25, 0.3) is 11.4 Å². The third-order valence-electron chi connectivity index (χ3n) is 3.47. The Morgan fingerprint density at radius 1 is 1.15 bits per heavy atom. The highest BCUT2D eigenvalue weighted by Crippen LogP contribution is 2.39. The molecular formula is C14H19N2O4. The Kier molecular flexibility index (Phi) is 5.19. The summed E-state index contributed by atoms with van der Waals surface area (Å²) >= 11 is 0. The van der Waals surface area contributed by atoms with Crippen LogP contribution >= 0.6 is 0 Å². The van der Waals surface area contributed by atoms with Crippen molar-refractivity contribution in [2.75, 3.05) is 0 Å². The van der Waals surface area contributed by atoms with Gasteiger partial charge in [-0.3, -0.25) is 20.2 Å². The standard InChI is InChI=1S/C14H19N2O4/c1-5-10(4)14(9(2)3)12-7-6-11(15(17)18)8-13(12)16(19)20/h6-10H,5H2,1-4H3. The summed E-state index contributed by atoms with van der Waals surface area (Å²) in [5.74, 6) is 1.30. The Morgan fingerprint density at radius 3 is 2.15 bits per heavy atom. The maximum absolute atomic E-state index is 11.2. The Bertz CT molecular complexity index is 514. The molecule has 109 valence electrons. The van der Waals surface area contributed by atoms with E-state index in [0.29, 0.717) is 5.56 Å². The summed E-state index contributed by atoms with van der Waals surface area (Å²) in [6, 6.07) is 3.87. The lowest BCUT2D eigenvalue weighted by Crippen LogP contribution is -2.18. The molecule has 0 amide bonds. The lowest BCUT2D eigenvalue weighted by atomic mass is 9.77. The minimum absolute atomic E-state index is 0.144. The molecule has 0 N–H and O–H groups in total. The average Bonchev–Trinajstić information content (AvgIpc) is 2.38. The molecule has 0 aliphatic heterocycles. The van der Waals surface area contributed by atoms with Crippen molar-refractivity contribution in [2.24, 2.45) is 11.8 Å². The molecule has 0 aliphatic carbocycles. The van der Waals surface area contributed by atoms with E-state index >= 15 is 0 Å². The molecular weight excluding hydrogens is 260 g/mol. The molecule has 1 rings (SSSR count). The summed E-state index contributed by atoms with van der Waals surface area (Å²) in [5.41, 5.74) is 0.0563. The summed E-state index contributed by atoms with van der Waals surface area (Å²) in [6.45, 7) is 7.99. The maximum atomic E-state index is 11.2. The molecule has 6 heteroatoms. The largest absolute Gasteiger partial charge is 0.280 e. The van der Waals surface area contributed by atoms with Gasteiger partial charge in [0.2, 0.25) is 0 Å². The van der Waals surface area contributed by atoms with Crippen LogP contribution in [0.2, 0.25) is 0 Å². The normalized spacial score (nSPS) is 12.7. The number of benzene rings is 1. The van der Waals surface area contributed by atoms with Crippen molar-refractivity contribution >= 4 is 11.4 Å². The Hall–Kier alpha value is -1.98. The zero-order valence-corrected chi connectivity index (χ0v) is 12.1. The zero-order chi connectivity index (χ0) is 15.4. The molecule has 0 heterocycles. The fraction of sp³-hybridized carbons (Fsp3) is 0.500. The predicted octanol–water partition coefficient (Wildman–Crippen LogP) is 4.13. The molecule has 1 aromatic carbocycles. The van der Waals surface area contributed by atoms with Gasteiger partial charge < -0.3 is 0 Å². The van der Waals surface area contributed by atoms with Crippen molar-refractivity contribution in [3.05, 3.63) is 49.9 Å². The van der Waals surface area contributed by atoms with Crippen LogP contribution in [0.3, 0.4) is 0 Å². The molecule has 0 spiro atoms. The van der Waals surface area contributed by atoms with E-state index in [2.05, 4.69) is 0 Å². The SMILES string of the molecule is CCC(C)[C](c1ccc([N+](=O)[O-])cc1[N+](=O)[O-])C(C)C. The molecule has 0 aromatic heterocycles. The molecule has 0 bridgehead atoms. The van der Waals surface area contributed by atoms with Crippen LogP contribution in [0.25, 0.3) is 0 Å². The molecule has 6 nitrogen and oxygen atoms in total. The van der Waals surface area contributed by atoms with Gasteiger partial charge in [-0.15, -0.1) is 0 Å². The summed E-state index contributed by atoms with van der Waals surface area (Å²) in [4.78, 5) is 20.8. The van der Waals surface area contributed by atoms with E-state index in [1.807, 2.05) is 27.7 Å². The summed E-state index contributed by atoms with van der Waals surface area (Å²) < 4.78 is 0. The van der Waals surface area contributed by atoms with Gasteiger partial charge in [0.1, 0.15) is 0 Å². The Balaban J connectivity index is 3.41.